The van der Waals surface area contributed by atoms with E-state index < -0.39 is 0 Å². The number of halogens is 2. The smallest absolute Gasteiger partial charge is 0.136 e. The lowest BCUT2D eigenvalue weighted by Crippen LogP contribution is -1.95. The van der Waals surface area contributed by atoms with Crippen molar-refractivity contribution >= 4 is 45.8 Å². The molecular weight excluding hydrogens is 385 g/mol. The minimum absolute atomic E-state index is 0.470. The van der Waals surface area contributed by atoms with E-state index in [2.05, 4.69) is 29.4 Å². The third kappa shape index (κ3) is 4.08. The van der Waals surface area contributed by atoms with E-state index in [0.29, 0.717) is 20.6 Å². The van der Waals surface area contributed by atoms with Gasteiger partial charge in [-0.25, -0.2) is 4.98 Å². The highest BCUT2D eigenvalue weighted by molar-refractivity contribution is 7.11. The molecule has 0 spiro atoms. The highest BCUT2D eigenvalue weighted by Crippen LogP contribution is 2.32. The lowest BCUT2D eigenvalue weighted by atomic mass is 10.1. The predicted octanol–water partition coefficient (Wildman–Crippen LogP) is 6.66. The van der Waals surface area contributed by atoms with Crippen molar-refractivity contribution in [3.8, 4) is 17.3 Å². The Labute approximate surface area is 166 Å². The Balaban J connectivity index is 1.87. The van der Waals surface area contributed by atoms with Crippen LogP contribution in [0.15, 0.2) is 54.0 Å². The number of nitrogens with zero attached hydrogens (tertiary/aromatic N) is 2. The number of aryl methyl sites for hydroxylation is 1. The highest BCUT2D eigenvalue weighted by Gasteiger charge is 2.12. The van der Waals surface area contributed by atoms with Crippen molar-refractivity contribution in [2.24, 2.45) is 0 Å². The number of nitriles is 1. The van der Waals surface area contributed by atoms with Gasteiger partial charge in [-0.15, -0.1) is 11.3 Å². The van der Waals surface area contributed by atoms with E-state index in [1.54, 1.807) is 18.3 Å². The summed E-state index contributed by atoms with van der Waals surface area (Å²) in [6.07, 6.45) is 2.61. The Morgan fingerprint density at radius 2 is 2.08 bits per heavy atom. The first-order valence-electron chi connectivity index (χ1n) is 7.98. The summed E-state index contributed by atoms with van der Waals surface area (Å²) in [5.41, 5.74) is 4.16. The van der Waals surface area contributed by atoms with E-state index in [9.17, 15) is 5.26 Å². The molecule has 0 radical (unpaired) electrons. The summed E-state index contributed by atoms with van der Waals surface area (Å²) in [6, 6.07) is 15.5. The summed E-state index contributed by atoms with van der Waals surface area (Å²) < 4.78 is 0. The van der Waals surface area contributed by atoms with Crippen molar-refractivity contribution in [2.75, 3.05) is 5.32 Å². The zero-order valence-corrected chi connectivity index (χ0v) is 16.3. The van der Waals surface area contributed by atoms with E-state index in [4.69, 9.17) is 23.2 Å². The normalized spacial score (nSPS) is 11.2. The summed E-state index contributed by atoms with van der Waals surface area (Å²) in [5, 5.41) is 16.4. The van der Waals surface area contributed by atoms with Gasteiger partial charge in [-0.2, -0.15) is 5.26 Å². The number of allylic oxidation sites excluding steroid dienone is 1. The monoisotopic (exact) mass is 399 g/mol. The summed E-state index contributed by atoms with van der Waals surface area (Å²) in [4.78, 5) is 4.56. The first-order chi connectivity index (χ1) is 12.6. The van der Waals surface area contributed by atoms with Gasteiger partial charge in [0.05, 0.1) is 10.7 Å². The highest BCUT2D eigenvalue weighted by atomic mass is 35.5. The molecule has 0 aliphatic heterocycles. The van der Waals surface area contributed by atoms with Crippen molar-refractivity contribution < 1.29 is 0 Å². The van der Waals surface area contributed by atoms with Crippen molar-refractivity contribution in [1.82, 2.24) is 4.98 Å². The topological polar surface area (TPSA) is 48.7 Å². The first-order valence-corrected chi connectivity index (χ1v) is 9.62. The van der Waals surface area contributed by atoms with Crippen LogP contribution < -0.4 is 5.32 Å². The quantitative estimate of drug-likeness (QED) is 0.488. The van der Waals surface area contributed by atoms with Gasteiger partial charge in [-0.3, -0.25) is 0 Å². The van der Waals surface area contributed by atoms with Crippen LogP contribution in [0, 0.1) is 11.3 Å². The molecule has 26 heavy (non-hydrogen) atoms. The molecule has 0 saturated carbocycles. The van der Waals surface area contributed by atoms with E-state index >= 15 is 0 Å². The largest absolute Gasteiger partial charge is 0.360 e. The van der Waals surface area contributed by atoms with Gasteiger partial charge < -0.3 is 5.32 Å². The Bertz CT molecular complexity index is 1000. The molecule has 1 heterocycles. The van der Waals surface area contributed by atoms with Crippen LogP contribution in [0.4, 0.5) is 5.69 Å². The van der Waals surface area contributed by atoms with E-state index in [0.717, 1.165) is 23.4 Å². The maximum Gasteiger partial charge on any atom is 0.136 e. The third-order valence-corrected chi connectivity index (χ3v) is 5.26. The molecule has 0 unspecified atom stereocenters. The number of anilines is 1. The molecule has 3 aromatic rings. The Hall–Kier alpha value is -2.32. The molecular formula is C20H15Cl2N3S. The molecule has 0 atom stereocenters. The summed E-state index contributed by atoms with van der Waals surface area (Å²) in [7, 11) is 0. The molecule has 2 aromatic carbocycles. The number of nitrogens with one attached hydrogen (secondary N) is 1. The fourth-order valence-electron chi connectivity index (χ4n) is 2.48. The van der Waals surface area contributed by atoms with Gasteiger partial charge in [0.15, 0.2) is 0 Å². The first kappa shape index (κ1) is 18.5. The molecule has 130 valence electrons. The molecule has 0 aliphatic rings. The summed E-state index contributed by atoms with van der Waals surface area (Å²) in [5.74, 6) is 0. The summed E-state index contributed by atoms with van der Waals surface area (Å²) >= 11 is 13.6. The van der Waals surface area contributed by atoms with Gasteiger partial charge in [0.2, 0.25) is 0 Å². The number of para-hydroxylation sites is 1. The Morgan fingerprint density at radius 3 is 2.81 bits per heavy atom. The van der Waals surface area contributed by atoms with Gasteiger partial charge >= 0.3 is 0 Å². The van der Waals surface area contributed by atoms with Gasteiger partial charge in [-0.1, -0.05) is 48.3 Å². The molecule has 3 rings (SSSR count). The fourth-order valence-corrected chi connectivity index (χ4v) is 3.77. The van der Waals surface area contributed by atoms with E-state index in [-0.39, 0.29) is 0 Å². The molecule has 0 aliphatic carbocycles. The van der Waals surface area contributed by atoms with Crippen LogP contribution in [0.3, 0.4) is 0 Å². The number of hydrogen-bond donors (Lipinski definition) is 1. The minimum atomic E-state index is 0.470. The van der Waals surface area contributed by atoms with Gasteiger partial charge in [0.25, 0.3) is 0 Å². The second kappa shape index (κ2) is 8.37. The molecule has 0 bridgehead atoms. The van der Waals surface area contributed by atoms with Crippen LogP contribution in [0.2, 0.25) is 10.0 Å². The molecule has 0 saturated heterocycles. The van der Waals surface area contributed by atoms with Crippen molar-refractivity contribution in [3.05, 3.63) is 74.7 Å². The number of benzene rings is 2. The molecule has 1 N–H and O–H groups in total. The average Bonchev–Trinajstić information content (AvgIpc) is 3.12. The second-order valence-electron chi connectivity index (χ2n) is 5.49. The Morgan fingerprint density at radius 1 is 1.27 bits per heavy atom. The number of rotatable bonds is 5. The van der Waals surface area contributed by atoms with E-state index in [1.807, 2.05) is 29.6 Å². The maximum absolute atomic E-state index is 9.52. The van der Waals surface area contributed by atoms with Crippen LogP contribution in [-0.4, -0.2) is 4.98 Å². The number of aromatic nitrogens is 1. The molecule has 0 amide bonds. The zero-order chi connectivity index (χ0) is 18.5. The molecule has 6 heteroatoms. The number of hydrogen-bond acceptors (Lipinski definition) is 4. The maximum atomic E-state index is 9.52. The SMILES string of the molecule is CCc1ccccc1N/C=C(\C#N)c1nc(-c2ccc(Cl)cc2Cl)cs1. The third-order valence-electron chi connectivity index (χ3n) is 3.83. The van der Waals surface area contributed by atoms with Crippen LogP contribution in [0.1, 0.15) is 17.5 Å². The zero-order valence-electron chi connectivity index (χ0n) is 14.0. The Kier molecular flexibility index (Phi) is 5.95. The van der Waals surface area contributed by atoms with Crippen molar-refractivity contribution in [3.63, 3.8) is 0 Å². The summed E-state index contributed by atoms with van der Waals surface area (Å²) in [6.45, 7) is 2.10. The lowest BCUT2D eigenvalue weighted by Gasteiger charge is -2.07. The van der Waals surface area contributed by atoms with Crippen molar-refractivity contribution in [2.45, 2.75) is 13.3 Å². The molecule has 1 aromatic heterocycles. The standard InChI is InChI=1S/C20H15Cl2N3S/c1-2-13-5-3-4-6-18(13)24-11-14(10-23)20-25-19(12-26-20)16-8-7-15(21)9-17(16)22/h3-9,11-12,24H,2H2,1H3/b14-11+. The predicted molar refractivity (Wildman–Crippen MR) is 111 cm³/mol. The molecule has 0 fully saturated rings. The number of thiazole rings is 1. The van der Waals surface area contributed by atoms with Crippen LogP contribution in [0.25, 0.3) is 16.8 Å². The minimum Gasteiger partial charge on any atom is -0.360 e. The van der Waals surface area contributed by atoms with Crippen LogP contribution >= 0.6 is 34.5 Å². The molecule has 3 nitrogen and oxygen atoms in total. The second-order valence-corrected chi connectivity index (χ2v) is 7.19. The van der Waals surface area contributed by atoms with Crippen LogP contribution in [-0.2, 0) is 6.42 Å². The van der Waals surface area contributed by atoms with Crippen LogP contribution in [0.5, 0.6) is 0 Å². The lowest BCUT2D eigenvalue weighted by molar-refractivity contribution is 1.14. The van der Waals surface area contributed by atoms with Crippen molar-refractivity contribution in [1.29, 1.82) is 5.26 Å². The van der Waals surface area contributed by atoms with Gasteiger partial charge in [0.1, 0.15) is 16.6 Å². The van der Waals surface area contributed by atoms with Gasteiger partial charge in [-0.05, 0) is 36.2 Å². The van der Waals surface area contributed by atoms with Gasteiger partial charge in [0, 0.05) is 27.9 Å². The average molecular weight is 400 g/mol. The fraction of sp³-hybridized carbons (Fsp3) is 0.100. The van der Waals surface area contributed by atoms with E-state index in [1.165, 1.54) is 16.9 Å².